The van der Waals surface area contributed by atoms with E-state index in [9.17, 15) is 0 Å². The largest absolute Gasteiger partial charge is 0.475 e. The van der Waals surface area contributed by atoms with Crippen molar-refractivity contribution in [2.75, 3.05) is 38.7 Å². The van der Waals surface area contributed by atoms with Gasteiger partial charge in [-0.05, 0) is 32.0 Å². The van der Waals surface area contributed by atoms with Gasteiger partial charge in [-0.3, -0.25) is 0 Å². The van der Waals surface area contributed by atoms with E-state index >= 15 is 0 Å². The Balaban J connectivity index is 1.79. The van der Waals surface area contributed by atoms with Crippen molar-refractivity contribution in [2.45, 2.75) is 18.9 Å². The molecule has 0 unspecified atom stereocenters. The van der Waals surface area contributed by atoms with Gasteiger partial charge >= 0.3 is 0 Å². The van der Waals surface area contributed by atoms with Crippen LogP contribution in [0.25, 0.3) is 0 Å². The van der Waals surface area contributed by atoms with Crippen LogP contribution >= 0.6 is 0 Å². The highest BCUT2D eigenvalue weighted by Gasteiger charge is 2.12. The van der Waals surface area contributed by atoms with Gasteiger partial charge in [0.1, 0.15) is 6.61 Å². The Hall–Kier alpha value is -1.33. The normalized spacial score (nSPS) is 16.5. The molecule has 0 spiro atoms. The molecule has 5 nitrogen and oxygen atoms in total. The fraction of sp³-hybridized carbons (Fsp3) is 0.615. The Morgan fingerprint density at radius 2 is 2.17 bits per heavy atom. The number of anilines is 1. The van der Waals surface area contributed by atoms with E-state index < -0.39 is 0 Å². The minimum absolute atomic E-state index is 0.532. The Kier molecular flexibility index (Phi) is 5.23. The molecule has 0 amide bonds. The molecule has 1 fully saturated rings. The second-order valence-corrected chi connectivity index (χ2v) is 4.39. The summed E-state index contributed by atoms with van der Waals surface area (Å²) in [5.74, 6) is 0.642. The van der Waals surface area contributed by atoms with E-state index in [-0.39, 0.29) is 0 Å². The number of hydrogen-bond donors (Lipinski definition) is 2. The smallest absolute Gasteiger partial charge is 0.213 e. The summed E-state index contributed by atoms with van der Waals surface area (Å²) in [6.45, 7) is 3.29. The van der Waals surface area contributed by atoms with Gasteiger partial charge in [-0.15, -0.1) is 0 Å². The average Bonchev–Trinajstić information content (AvgIpc) is 2.42. The summed E-state index contributed by atoms with van der Waals surface area (Å²) in [5.41, 5.74) is 1.06. The highest BCUT2D eigenvalue weighted by Crippen LogP contribution is 2.15. The Morgan fingerprint density at radius 3 is 2.83 bits per heavy atom. The third kappa shape index (κ3) is 4.16. The van der Waals surface area contributed by atoms with Gasteiger partial charge in [0.25, 0.3) is 0 Å². The first-order chi connectivity index (χ1) is 8.88. The van der Waals surface area contributed by atoms with Gasteiger partial charge in [0.05, 0.1) is 18.5 Å². The molecule has 1 aliphatic rings. The highest BCUT2D eigenvalue weighted by atomic mass is 16.5. The maximum Gasteiger partial charge on any atom is 0.213 e. The molecule has 1 aromatic heterocycles. The van der Waals surface area contributed by atoms with Crippen LogP contribution in [0.2, 0.25) is 0 Å². The highest BCUT2D eigenvalue weighted by molar-refractivity contribution is 5.43. The number of ether oxygens (including phenoxy) is 2. The summed E-state index contributed by atoms with van der Waals surface area (Å²) in [4.78, 5) is 4.26. The van der Waals surface area contributed by atoms with Crippen molar-refractivity contribution in [2.24, 2.45) is 0 Å². The number of nitrogens with one attached hydrogen (secondary N) is 2. The first kappa shape index (κ1) is 13.1. The fourth-order valence-electron chi connectivity index (χ4n) is 1.98. The molecule has 2 heterocycles. The lowest BCUT2D eigenvalue weighted by molar-refractivity contribution is 0.144. The zero-order valence-electron chi connectivity index (χ0n) is 10.8. The molecular formula is C13H21N3O2. The van der Waals surface area contributed by atoms with Crippen LogP contribution in [0.4, 0.5) is 5.69 Å². The van der Waals surface area contributed by atoms with Crippen molar-refractivity contribution < 1.29 is 9.47 Å². The molecule has 2 rings (SSSR count). The molecule has 1 aromatic rings. The third-order valence-electron chi connectivity index (χ3n) is 2.98. The second-order valence-electron chi connectivity index (χ2n) is 4.39. The Morgan fingerprint density at radius 1 is 1.33 bits per heavy atom. The van der Waals surface area contributed by atoms with Gasteiger partial charge in [-0.2, -0.15) is 0 Å². The van der Waals surface area contributed by atoms with Crippen LogP contribution in [0.1, 0.15) is 12.8 Å². The summed E-state index contributed by atoms with van der Waals surface area (Å²) in [5, 5.41) is 6.84. The lowest BCUT2D eigenvalue weighted by atomic mass is 10.1. The van der Waals surface area contributed by atoms with Crippen molar-refractivity contribution in [1.82, 2.24) is 10.3 Å². The Labute approximate surface area is 108 Å². The zero-order valence-corrected chi connectivity index (χ0v) is 10.8. The molecule has 1 aliphatic heterocycles. The van der Waals surface area contributed by atoms with Crippen LogP contribution in [0.15, 0.2) is 18.3 Å². The first-order valence-corrected chi connectivity index (χ1v) is 6.43. The van der Waals surface area contributed by atoms with Gasteiger partial charge in [-0.1, -0.05) is 0 Å². The summed E-state index contributed by atoms with van der Waals surface area (Å²) in [6.07, 6.45) is 4.14. The molecule has 0 atom stereocenters. The standard InChI is InChI=1S/C13H21N3O2/c1-17-8-9-18-13-3-2-12(10-15-13)16-11-4-6-14-7-5-11/h2-3,10-11,14,16H,4-9H2,1H3. The number of nitrogens with zero attached hydrogens (tertiary/aromatic N) is 1. The maximum atomic E-state index is 5.42. The summed E-state index contributed by atoms with van der Waals surface area (Å²) in [7, 11) is 1.66. The number of rotatable bonds is 6. The fourth-order valence-corrected chi connectivity index (χ4v) is 1.98. The molecule has 0 aliphatic carbocycles. The molecule has 0 bridgehead atoms. The van der Waals surface area contributed by atoms with Crippen molar-refractivity contribution in [3.8, 4) is 5.88 Å². The molecule has 0 aromatic carbocycles. The third-order valence-corrected chi connectivity index (χ3v) is 2.98. The van der Waals surface area contributed by atoms with Crippen LogP contribution in [-0.2, 0) is 4.74 Å². The quantitative estimate of drug-likeness (QED) is 0.746. The van der Waals surface area contributed by atoms with Crippen molar-refractivity contribution >= 4 is 5.69 Å². The van der Waals surface area contributed by atoms with Gasteiger partial charge in [0, 0.05) is 19.2 Å². The van der Waals surface area contributed by atoms with E-state index in [1.165, 1.54) is 0 Å². The van der Waals surface area contributed by atoms with Gasteiger partial charge in [-0.25, -0.2) is 4.98 Å². The summed E-state index contributed by atoms with van der Waals surface area (Å²) >= 11 is 0. The number of aromatic nitrogens is 1. The minimum Gasteiger partial charge on any atom is -0.475 e. The predicted octanol–water partition coefficient (Wildman–Crippen LogP) is 1.27. The number of methoxy groups -OCH3 is 1. The molecule has 0 saturated carbocycles. The van der Waals surface area contributed by atoms with Crippen LogP contribution in [0.3, 0.4) is 0 Å². The van der Waals surface area contributed by atoms with Crippen LogP contribution < -0.4 is 15.4 Å². The van der Waals surface area contributed by atoms with E-state index in [2.05, 4.69) is 15.6 Å². The van der Waals surface area contributed by atoms with Crippen molar-refractivity contribution in [1.29, 1.82) is 0 Å². The van der Waals surface area contributed by atoms with Crippen LogP contribution in [-0.4, -0.2) is 44.4 Å². The van der Waals surface area contributed by atoms with E-state index in [4.69, 9.17) is 9.47 Å². The van der Waals surface area contributed by atoms with Crippen LogP contribution in [0, 0.1) is 0 Å². The van der Waals surface area contributed by atoms with E-state index in [0.717, 1.165) is 31.6 Å². The van der Waals surface area contributed by atoms with Gasteiger partial charge in [0.2, 0.25) is 5.88 Å². The lowest BCUT2D eigenvalue weighted by Gasteiger charge is -2.24. The molecule has 0 radical (unpaired) electrons. The molecule has 5 heteroatoms. The van der Waals surface area contributed by atoms with E-state index in [1.54, 1.807) is 7.11 Å². The second kappa shape index (κ2) is 7.18. The lowest BCUT2D eigenvalue weighted by Crippen LogP contribution is -2.35. The van der Waals surface area contributed by atoms with Gasteiger partial charge < -0.3 is 20.1 Å². The molecule has 1 saturated heterocycles. The molecule has 2 N–H and O–H groups in total. The van der Waals surface area contributed by atoms with Gasteiger partial charge in [0.15, 0.2) is 0 Å². The average molecular weight is 251 g/mol. The maximum absolute atomic E-state index is 5.42. The monoisotopic (exact) mass is 251 g/mol. The topological polar surface area (TPSA) is 55.4 Å². The van der Waals surface area contributed by atoms with E-state index in [1.807, 2.05) is 18.3 Å². The first-order valence-electron chi connectivity index (χ1n) is 6.43. The molecule has 18 heavy (non-hydrogen) atoms. The number of pyridine rings is 1. The predicted molar refractivity (Wildman–Crippen MR) is 71.1 cm³/mol. The van der Waals surface area contributed by atoms with Crippen molar-refractivity contribution in [3.05, 3.63) is 18.3 Å². The molecule has 100 valence electrons. The SMILES string of the molecule is COCCOc1ccc(NC2CCNCC2)cn1. The van der Waals surface area contributed by atoms with Crippen molar-refractivity contribution in [3.63, 3.8) is 0 Å². The summed E-state index contributed by atoms with van der Waals surface area (Å²) < 4.78 is 10.3. The van der Waals surface area contributed by atoms with E-state index in [0.29, 0.717) is 25.1 Å². The Bertz CT molecular complexity index is 337. The number of hydrogen-bond acceptors (Lipinski definition) is 5. The zero-order chi connectivity index (χ0) is 12.6. The minimum atomic E-state index is 0.532. The molecular weight excluding hydrogens is 230 g/mol. The van der Waals surface area contributed by atoms with Crippen LogP contribution in [0.5, 0.6) is 5.88 Å². The summed E-state index contributed by atoms with van der Waals surface area (Å²) in [6, 6.07) is 4.45. The number of piperidine rings is 1.